The molecule has 15 heavy (non-hydrogen) atoms. The first-order valence-electron chi connectivity index (χ1n) is 4.39. The predicted molar refractivity (Wildman–Crippen MR) is 54.8 cm³/mol. The van der Waals surface area contributed by atoms with Crippen molar-refractivity contribution in [1.82, 2.24) is 10.2 Å². The molecule has 0 aliphatic carbocycles. The molecular formula is C10H10FN3O. The van der Waals surface area contributed by atoms with Crippen LogP contribution in [0.1, 0.15) is 5.56 Å². The fraction of sp³-hybridized carbons (Fsp3) is 0.100. The summed E-state index contributed by atoms with van der Waals surface area (Å²) in [5, 5.41) is 15.9. The van der Waals surface area contributed by atoms with Crippen LogP contribution in [0, 0.1) is 12.7 Å². The first-order valence-corrected chi connectivity index (χ1v) is 4.39. The van der Waals surface area contributed by atoms with Gasteiger partial charge in [0.1, 0.15) is 17.4 Å². The molecule has 1 aromatic carbocycles. The van der Waals surface area contributed by atoms with Crippen LogP contribution in [0.5, 0.6) is 5.75 Å². The predicted octanol–water partition coefficient (Wildman–Crippen LogP) is 1.81. The summed E-state index contributed by atoms with van der Waals surface area (Å²) in [6.07, 6.45) is 0. The Balaban J connectivity index is 2.66. The van der Waals surface area contributed by atoms with Crippen LogP contribution in [0.25, 0.3) is 11.3 Å². The largest absolute Gasteiger partial charge is 0.507 e. The van der Waals surface area contributed by atoms with E-state index in [1.54, 1.807) is 6.92 Å². The van der Waals surface area contributed by atoms with E-state index in [-0.39, 0.29) is 17.1 Å². The number of aromatic amines is 1. The van der Waals surface area contributed by atoms with Crippen LogP contribution in [-0.2, 0) is 0 Å². The fourth-order valence-electron chi connectivity index (χ4n) is 1.39. The van der Waals surface area contributed by atoms with Gasteiger partial charge < -0.3 is 10.8 Å². The molecule has 0 aliphatic rings. The number of halogens is 1. The number of nitrogen functional groups attached to an aromatic ring is 1. The summed E-state index contributed by atoms with van der Waals surface area (Å²) in [6.45, 7) is 1.69. The summed E-state index contributed by atoms with van der Waals surface area (Å²) in [5.41, 5.74) is 6.47. The van der Waals surface area contributed by atoms with E-state index in [9.17, 15) is 9.50 Å². The van der Waals surface area contributed by atoms with Gasteiger partial charge in [0, 0.05) is 6.07 Å². The van der Waals surface area contributed by atoms with Gasteiger partial charge in [-0.05, 0) is 18.6 Å². The minimum atomic E-state index is -0.512. The molecule has 0 saturated carbocycles. The SMILES string of the molecule is Cc1ccc(F)c(-c2cc(N)n[nH]2)c1O. The molecule has 2 aromatic rings. The molecule has 2 rings (SSSR count). The Labute approximate surface area is 85.6 Å². The smallest absolute Gasteiger partial charge is 0.145 e. The quantitative estimate of drug-likeness (QED) is 0.667. The Morgan fingerprint density at radius 1 is 1.47 bits per heavy atom. The van der Waals surface area contributed by atoms with Crippen LogP contribution >= 0.6 is 0 Å². The number of nitrogens with zero attached hydrogens (tertiary/aromatic N) is 1. The molecule has 0 spiro atoms. The minimum absolute atomic E-state index is 0.0965. The van der Waals surface area contributed by atoms with Gasteiger partial charge in [0.15, 0.2) is 0 Å². The monoisotopic (exact) mass is 207 g/mol. The Morgan fingerprint density at radius 2 is 2.20 bits per heavy atom. The third-order valence-corrected chi connectivity index (χ3v) is 2.20. The molecule has 0 radical (unpaired) electrons. The lowest BCUT2D eigenvalue weighted by molar-refractivity contribution is 0.467. The number of nitrogens with one attached hydrogen (secondary N) is 1. The maximum atomic E-state index is 13.5. The molecule has 4 N–H and O–H groups in total. The van der Waals surface area contributed by atoms with Crippen LogP contribution in [0.4, 0.5) is 10.2 Å². The van der Waals surface area contributed by atoms with Crippen LogP contribution in [0.15, 0.2) is 18.2 Å². The molecule has 0 amide bonds. The van der Waals surface area contributed by atoms with E-state index in [0.717, 1.165) is 0 Å². The summed E-state index contributed by atoms with van der Waals surface area (Å²) in [5.74, 6) is -0.356. The van der Waals surface area contributed by atoms with E-state index < -0.39 is 5.82 Å². The highest BCUT2D eigenvalue weighted by molar-refractivity contribution is 5.70. The topological polar surface area (TPSA) is 74.9 Å². The number of aromatic hydroxyl groups is 1. The van der Waals surface area contributed by atoms with Gasteiger partial charge in [-0.25, -0.2) is 4.39 Å². The molecule has 0 aliphatic heterocycles. The molecular weight excluding hydrogens is 197 g/mol. The fourth-order valence-corrected chi connectivity index (χ4v) is 1.39. The number of hydrogen-bond acceptors (Lipinski definition) is 3. The van der Waals surface area contributed by atoms with Crippen molar-refractivity contribution in [3.8, 4) is 17.0 Å². The average molecular weight is 207 g/mol. The number of aryl methyl sites for hydroxylation is 1. The molecule has 0 fully saturated rings. The zero-order valence-corrected chi connectivity index (χ0v) is 8.08. The Hall–Kier alpha value is -2.04. The Kier molecular flexibility index (Phi) is 2.07. The summed E-state index contributed by atoms with van der Waals surface area (Å²) in [4.78, 5) is 0. The maximum Gasteiger partial charge on any atom is 0.145 e. The van der Waals surface area contributed by atoms with Crippen LogP contribution < -0.4 is 5.73 Å². The van der Waals surface area contributed by atoms with E-state index in [1.807, 2.05) is 0 Å². The molecule has 0 atom stereocenters. The van der Waals surface area contributed by atoms with Gasteiger partial charge >= 0.3 is 0 Å². The van der Waals surface area contributed by atoms with E-state index >= 15 is 0 Å². The minimum Gasteiger partial charge on any atom is -0.507 e. The van der Waals surface area contributed by atoms with Crippen molar-refractivity contribution in [1.29, 1.82) is 0 Å². The summed E-state index contributed by atoms with van der Waals surface area (Å²) >= 11 is 0. The summed E-state index contributed by atoms with van der Waals surface area (Å²) in [7, 11) is 0. The zero-order valence-electron chi connectivity index (χ0n) is 8.08. The molecule has 0 bridgehead atoms. The number of nitrogens with two attached hydrogens (primary N) is 1. The number of hydrogen-bond donors (Lipinski definition) is 3. The van der Waals surface area contributed by atoms with E-state index in [4.69, 9.17) is 5.73 Å². The third kappa shape index (κ3) is 1.52. The van der Waals surface area contributed by atoms with Gasteiger partial charge in [0.05, 0.1) is 11.3 Å². The number of H-pyrrole nitrogens is 1. The highest BCUT2D eigenvalue weighted by atomic mass is 19.1. The zero-order chi connectivity index (χ0) is 11.0. The lowest BCUT2D eigenvalue weighted by atomic mass is 10.1. The van der Waals surface area contributed by atoms with Gasteiger partial charge in [-0.15, -0.1) is 0 Å². The van der Waals surface area contributed by atoms with Crippen molar-refractivity contribution in [2.75, 3.05) is 5.73 Å². The maximum absolute atomic E-state index is 13.5. The second-order valence-electron chi connectivity index (χ2n) is 3.29. The summed E-state index contributed by atoms with van der Waals surface area (Å²) < 4.78 is 13.5. The normalized spacial score (nSPS) is 10.5. The molecule has 4 nitrogen and oxygen atoms in total. The van der Waals surface area contributed by atoms with Crippen LogP contribution in [0.3, 0.4) is 0 Å². The van der Waals surface area contributed by atoms with E-state index in [2.05, 4.69) is 10.2 Å². The molecule has 0 unspecified atom stereocenters. The highest BCUT2D eigenvalue weighted by Gasteiger charge is 2.14. The second-order valence-corrected chi connectivity index (χ2v) is 3.29. The number of anilines is 1. The molecule has 78 valence electrons. The second kappa shape index (κ2) is 3.27. The number of phenols is 1. The van der Waals surface area contributed by atoms with E-state index in [1.165, 1.54) is 18.2 Å². The first kappa shape index (κ1) is 9.51. The van der Waals surface area contributed by atoms with Gasteiger partial charge in [-0.3, -0.25) is 5.10 Å². The Bertz CT molecular complexity index is 507. The van der Waals surface area contributed by atoms with Gasteiger partial charge in [-0.2, -0.15) is 5.10 Å². The standard InChI is InChI=1S/C10H10FN3O/c1-5-2-3-6(11)9(10(5)15)7-4-8(12)14-13-7/h2-4,15H,1H3,(H3,12,13,14). The van der Waals surface area contributed by atoms with Crippen molar-refractivity contribution in [3.05, 3.63) is 29.6 Å². The summed E-state index contributed by atoms with van der Waals surface area (Å²) in [6, 6.07) is 4.27. The van der Waals surface area contributed by atoms with E-state index in [0.29, 0.717) is 11.3 Å². The number of phenolic OH excluding ortho intramolecular Hbond substituents is 1. The van der Waals surface area contributed by atoms with Gasteiger partial charge in [-0.1, -0.05) is 6.07 Å². The van der Waals surface area contributed by atoms with Crippen LogP contribution in [-0.4, -0.2) is 15.3 Å². The molecule has 0 saturated heterocycles. The first-order chi connectivity index (χ1) is 7.09. The van der Waals surface area contributed by atoms with Crippen LogP contribution in [0.2, 0.25) is 0 Å². The average Bonchev–Trinajstić information content (AvgIpc) is 2.59. The number of aromatic nitrogens is 2. The lowest BCUT2D eigenvalue weighted by Crippen LogP contribution is -1.88. The third-order valence-electron chi connectivity index (χ3n) is 2.20. The van der Waals surface area contributed by atoms with Crippen molar-refractivity contribution >= 4 is 5.82 Å². The number of rotatable bonds is 1. The van der Waals surface area contributed by atoms with Gasteiger partial charge in [0.25, 0.3) is 0 Å². The molecule has 1 heterocycles. The molecule has 5 heteroatoms. The van der Waals surface area contributed by atoms with Crippen molar-refractivity contribution in [2.45, 2.75) is 6.92 Å². The highest BCUT2D eigenvalue weighted by Crippen LogP contribution is 2.33. The Morgan fingerprint density at radius 3 is 2.80 bits per heavy atom. The number of benzene rings is 1. The van der Waals surface area contributed by atoms with Gasteiger partial charge in [0.2, 0.25) is 0 Å². The van der Waals surface area contributed by atoms with Crippen molar-refractivity contribution in [2.24, 2.45) is 0 Å². The van der Waals surface area contributed by atoms with Crippen molar-refractivity contribution in [3.63, 3.8) is 0 Å². The lowest BCUT2D eigenvalue weighted by Gasteiger charge is -2.05. The van der Waals surface area contributed by atoms with Crippen molar-refractivity contribution < 1.29 is 9.50 Å². The molecule has 1 aromatic heterocycles.